The Morgan fingerprint density at radius 3 is 2.67 bits per heavy atom. The molecule has 1 heterocycles. The van der Waals surface area contributed by atoms with Crippen LogP contribution in [0.1, 0.15) is 21.6 Å². The lowest BCUT2D eigenvalue weighted by Gasteiger charge is -2.09. The van der Waals surface area contributed by atoms with E-state index in [4.69, 9.17) is 4.74 Å². The number of rotatable bonds is 4. The van der Waals surface area contributed by atoms with Crippen molar-refractivity contribution in [2.24, 2.45) is 7.05 Å². The molecule has 1 aromatic heterocycles. The average Bonchev–Trinajstić information content (AvgIpc) is 2.74. The van der Waals surface area contributed by atoms with E-state index in [9.17, 15) is 4.79 Å². The summed E-state index contributed by atoms with van der Waals surface area (Å²) in [6, 6.07) is 9.58. The van der Waals surface area contributed by atoms with Crippen LogP contribution in [0.4, 0.5) is 0 Å². The molecule has 0 aliphatic heterocycles. The van der Waals surface area contributed by atoms with Crippen molar-refractivity contribution < 1.29 is 9.53 Å². The van der Waals surface area contributed by atoms with E-state index in [0.29, 0.717) is 5.69 Å². The summed E-state index contributed by atoms with van der Waals surface area (Å²) in [6.45, 7) is 4.09. The fourth-order valence-corrected chi connectivity index (χ4v) is 1.93. The third-order valence-corrected chi connectivity index (χ3v) is 2.92. The van der Waals surface area contributed by atoms with Gasteiger partial charge in [0.25, 0.3) is 0 Å². The Labute approximate surface area is 107 Å². The number of aromatic nitrogens is 1. The maximum absolute atomic E-state index is 11.9. The van der Waals surface area contributed by atoms with Crippen LogP contribution in [0.3, 0.4) is 0 Å². The van der Waals surface area contributed by atoms with Gasteiger partial charge in [0.05, 0.1) is 5.69 Å². The Bertz CT molecular complexity index is 570. The lowest BCUT2D eigenvalue weighted by molar-refractivity contribution is 0.0913. The molecule has 0 atom stereocenters. The minimum Gasteiger partial charge on any atom is -0.485 e. The highest BCUT2D eigenvalue weighted by Crippen LogP contribution is 2.18. The normalized spacial score (nSPS) is 10.4. The second-order valence-electron chi connectivity index (χ2n) is 4.49. The summed E-state index contributed by atoms with van der Waals surface area (Å²) in [5.74, 6) is 0.755. The van der Waals surface area contributed by atoms with Crippen LogP contribution in [0.5, 0.6) is 5.75 Å². The number of hydrogen-bond donors (Lipinski definition) is 0. The van der Waals surface area contributed by atoms with Crippen molar-refractivity contribution in [3.05, 3.63) is 53.3 Å². The number of benzene rings is 1. The molecule has 1 aromatic carbocycles. The van der Waals surface area contributed by atoms with Crippen molar-refractivity contribution in [2.45, 2.75) is 13.8 Å². The van der Waals surface area contributed by atoms with Crippen molar-refractivity contribution in [2.75, 3.05) is 6.61 Å². The zero-order valence-corrected chi connectivity index (χ0v) is 10.9. The molecule has 0 aliphatic carbocycles. The molecular weight excluding hydrogens is 226 g/mol. The third-order valence-electron chi connectivity index (χ3n) is 2.92. The van der Waals surface area contributed by atoms with Crippen LogP contribution >= 0.6 is 0 Å². The van der Waals surface area contributed by atoms with Crippen molar-refractivity contribution in [1.82, 2.24) is 4.57 Å². The largest absolute Gasteiger partial charge is 0.485 e. The van der Waals surface area contributed by atoms with Gasteiger partial charge in [-0.3, -0.25) is 4.79 Å². The van der Waals surface area contributed by atoms with E-state index in [1.54, 1.807) is 10.6 Å². The van der Waals surface area contributed by atoms with Gasteiger partial charge in [-0.25, -0.2) is 0 Å². The number of aryl methyl sites for hydroxylation is 3. The van der Waals surface area contributed by atoms with Gasteiger partial charge in [0, 0.05) is 13.2 Å². The molecule has 94 valence electrons. The summed E-state index contributed by atoms with van der Waals surface area (Å²) in [4.78, 5) is 11.9. The standard InChI is InChI=1S/C15H17NO2/c1-11-6-7-15(12(2)9-11)18-10-14(17)13-5-4-8-16(13)3/h4-9H,10H2,1-3H3. The topological polar surface area (TPSA) is 31.2 Å². The molecule has 3 nitrogen and oxygen atoms in total. The fourth-order valence-electron chi connectivity index (χ4n) is 1.93. The highest BCUT2D eigenvalue weighted by atomic mass is 16.5. The zero-order chi connectivity index (χ0) is 13.1. The van der Waals surface area contributed by atoms with Crippen LogP contribution in [-0.4, -0.2) is 17.0 Å². The second-order valence-corrected chi connectivity index (χ2v) is 4.49. The van der Waals surface area contributed by atoms with E-state index in [1.807, 2.05) is 51.4 Å². The first kappa shape index (κ1) is 12.4. The molecule has 0 saturated heterocycles. The maximum atomic E-state index is 11.9. The Kier molecular flexibility index (Phi) is 3.51. The number of nitrogens with zero attached hydrogens (tertiary/aromatic N) is 1. The number of carbonyl (C=O) groups is 1. The van der Waals surface area contributed by atoms with Crippen molar-refractivity contribution in [3.63, 3.8) is 0 Å². The molecule has 0 spiro atoms. The van der Waals surface area contributed by atoms with Crippen LogP contribution in [0.2, 0.25) is 0 Å². The summed E-state index contributed by atoms with van der Waals surface area (Å²) in [6.07, 6.45) is 1.85. The summed E-state index contributed by atoms with van der Waals surface area (Å²) in [5, 5.41) is 0. The van der Waals surface area contributed by atoms with Crippen LogP contribution in [-0.2, 0) is 7.05 Å². The first-order valence-corrected chi connectivity index (χ1v) is 5.92. The van der Waals surface area contributed by atoms with Crippen molar-refractivity contribution in [1.29, 1.82) is 0 Å². The van der Waals surface area contributed by atoms with E-state index < -0.39 is 0 Å². The SMILES string of the molecule is Cc1ccc(OCC(=O)c2cccn2C)c(C)c1. The highest BCUT2D eigenvalue weighted by Gasteiger charge is 2.10. The molecule has 3 heteroatoms. The molecule has 18 heavy (non-hydrogen) atoms. The molecule has 0 radical (unpaired) electrons. The molecule has 0 fully saturated rings. The van der Waals surface area contributed by atoms with Gasteiger partial charge in [0.15, 0.2) is 6.61 Å². The molecule has 0 bridgehead atoms. The van der Waals surface area contributed by atoms with Gasteiger partial charge in [-0.1, -0.05) is 17.7 Å². The molecule has 0 aliphatic rings. The Balaban J connectivity index is 2.04. The highest BCUT2D eigenvalue weighted by molar-refractivity contribution is 5.95. The van der Waals surface area contributed by atoms with Crippen LogP contribution in [0.25, 0.3) is 0 Å². The molecule has 2 rings (SSSR count). The smallest absolute Gasteiger partial charge is 0.216 e. The number of Topliss-reactive ketones (excluding diaryl/α,β-unsaturated/α-hetero) is 1. The van der Waals surface area contributed by atoms with Crippen molar-refractivity contribution in [3.8, 4) is 5.75 Å². The molecule has 0 saturated carbocycles. The average molecular weight is 243 g/mol. The van der Waals surface area contributed by atoms with Gasteiger partial charge in [0.2, 0.25) is 5.78 Å². The molecule has 0 N–H and O–H groups in total. The second kappa shape index (κ2) is 5.08. The summed E-state index contributed by atoms with van der Waals surface area (Å²) in [7, 11) is 1.85. The predicted octanol–water partition coefficient (Wildman–Crippen LogP) is 2.90. The van der Waals surface area contributed by atoms with Gasteiger partial charge >= 0.3 is 0 Å². The van der Waals surface area contributed by atoms with E-state index in [2.05, 4.69) is 0 Å². The van der Waals surface area contributed by atoms with E-state index in [-0.39, 0.29) is 12.4 Å². The monoisotopic (exact) mass is 243 g/mol. The first-order chi connectivity index (χ1) is 8.58. The van der Waals surface area contributed by atoms with Crippen LogP contribution in [0, 0.1) is 13.8 Å². The summed E-state index contributed by atoms with van der Waals surface area (Å²) in [5.41, 5.74) is 2.91. The molecule has 0 amide bonds. The third kappa shape index (κ3) is 2.62. The first-order valence-electron chi connectivity index (χ1n) is 5.92. The van der Waals surface area contributed by atoms with Gasteiger partial charge in [0.1, 0.15) is 5.75 Å². The Hall–Kier alpha value is -2.03. The van der Waals surface area contributed by atoms with Gasteiger partial charge < -0.3 is 9.30 Å². The van der Waals surface area contributed by atoms with Gasteiger partial charge in [-0.2, -0.15) is 0 Å². The van der Waals surface area contributed by atoms with E-state index in [1.165, 1.54) is 5.56 Å². The summed E-state index contributed by atoms with van der Waals surface area (Å²) >= 11 is 0. The maximum Gasteiger partial charge on any atom is 0.216 e. The molecule has 0 unspecified atom stereocenters. The van der Waals surface area contributed by atoms with E-state index >= 15 is 0 Å². The van der Waals surface area contributed by atoms with Gasteiger partial charge in [-0.15, -0.1) is 0 Å². The molecular formula is C15H17NO2. The predicted molar refractivity (Wildman–Crippen MR) is 71.2 cm³/mol. The minimum atomic E-state index is -0.0116. The zero-order valence-electron chi connectivity index (χ0n) is 10.9. The quantitative estimate of drug-likeness (QED) is 0.773. The van der Waals surface area contributed by atoms with E-state index in [0.717, 1.165) is 11.3 Å². The summed E-state index contributed by atoms with van der Waals surface area (Å²) < 4.78 is 7.37. The van der Waals surface area contributed by atoms with Crippen molar-refractivity contribution >= 4 is 5.78 Å². The number of ether oxygens (including phenoxy) is 1. The number of hydrogen-bond acceptors (Lipinski definition) is 2. The Morgan fingerprint density at radius 1 is 1.28 bits per heavy atom. The molecule has 2 aromatic rings. The lowest BCUT2D eigenvalue weighted by Crippen LogP contribution is -2.15. The van der Waals surface area contributed by atoms with Crippen LogP contribution in [0.15, 0.2) is 36.5 Å². The Morgan fingerprint density at radius 2 is 2.06 bits per heavy atom. The minimum absolute atomic E-state index is 0.0116. The van der Waals surface area contributed by atoms with Crippen LogP contribution < -0.4 is 4.74 Å². The lowest BCUT2D eigenvalue weighted by atomic mass is 10.1. The number of carbonyl (C=O) groups excluding carboxylic acids is 1. The van der Waals surface area contributed by atoms with Gasteiger partial charge in [-0.05, 0) is 37.6 Å². The fraction of sp³-hybridized carbons (Fsp3) is 0.267. The number of ketones is 1.